The molecule has 0 saturated heterocycles. The molecule has 2 rings (SSSR count). The van der Waals surface area contributed by atoms with Crippen molar-refractivity contribution in [3.63, 3.8) is 0 Å². The molecule has 0 aliphatic carbocycles. The minimum atomic E-state index is 0.582. The first-order chi connectivity index (χ1) is 8.19. The Morgan fingerprint density at radius 1 is 1.47 bits per heavy atom. The fraction of sp³-hybridized carbons (Fsp3) is 0.250. The highest BCUT2D eigenvalue weighted by Gasteiger charge is 2.06. The van der Waals surface area contributed by atoms with Gasteiger partial charge < -0.3 is 9.64 Å². The van der Waals surface area contributed by atoms with Gasteiger partial charge in [-0.25, -0.2) is 4.98 Å². The van der Waals surface area contributed by atoms with Crippen LogP contribution in [0.5, 0.6) is 5.75 Å². The molecule has 3 nitrogen and oxygen atoms in total. The fourth-order valence-corrected chi connectivity index (χ4v) is 2.56. The van der Waals surface area contributed by atoms with Crippen molar-refractivity contribution in [1.29, 1.82) is 0 Å². The maximum atomic E-state index is 5.81. The number of rotatable bonds is 4. The molecule has 0 unspecified atom stereocenters. The lowest BCUT2D eigenvalue weighted by Crippen LogP contribution is -2.15. The average molecular weight is 269 g/mol. The van der Waals surface area contributed by atoms with Crippen LogP contribution in [0.15, 0.2) is 30.5 Å². The summed E-state index contributed by atoms with van der Waals surface area (Å²) in [5, 5.41) is 0. The normalized spacial score (nSPS) is 10.3. The number of methoxy groups -OCH3 is 1. The molecule has 0 aliphatic rings. The van der Waals surface area contributed by atoms with Gasteiger partial charge in [-0.15, -0.1) is 11.3 Å². The van der Waals surface area contributed by atoms with Crippen molar-refractivity contribution in [1.82, 2.24) is 4.98 Å². The molecule has 1 heterocycles. The van der Waals surface area contributed by atoms with Crippen LogP contribution in [0.3, 0.4) is 0 Å². The molecule has 0 aliphatic heterocycles. The first-order valence-electron chi connectivity index (χ1n) is 5.14. The van der Waals surface area contributed by atoms with Crippen molar-refractivity contribution in [3.8, 4) is 5.75 Å². The van der Waals surface area contributed by atoms with Gasteiger partial charge in [0.05, 0.1) is 13.7 Å². The van der Waals surface area contributed by atoms with Gasteiger partial charge in [-0.1, -0.05) is 17.7 Å². The summed E-state index contributed by atoms with van der Waals surface area (Å²) in [6, 6.07) is 7.96. The lowest BCUT2D eigenvalue weighted by Gasteiger charge is -2.18. The van der Waals surface area contributed by atoms with Crippen molar-refractivity contribution in [2.24, 2.45) is 0 Å². The van der Waals surface area contributed by atoms with Crippen molar-refractivity contribution in [2.45, 2.75) is 6.54 Å². The number of hydrogen-bond donors (Lipinski definition) is 0. The summed E-state index contributed by atoms with van der Waals surface area (Å²) in [5.74, 6) is 0.858. The summed E-state index contributed by atoms with van der Waals surface area (Å²) < 4.78 is 5.78. The molecule has 2 aromatic rings. The molecule has 90 valence electrons. The van der Waals surface area contributed by atoms with Gasteiger partial charge in [0.2, 0.25) is 0 Å². The van der Waals surface area contributed by atoms with Gasteiger partial charge in [0.15, 0.2) is 4.47 Å². The van der Waals surface area contributed by atoms with E-state index >= 15 is 0 Å². The van der Waals surface area contributed by atoms with Gasteiger partial charge in [-0.05, 0) is 12.1 Å². The fourth-order valence-electron chi connectivity index (χ4n) is 1.53. The maximum Gasteiger partial charge on any atom is 0.183 e. The highest BCUT2D eigenvalue weighted by molar-refractivity contribution is 7.15. The first-order valence-corrected chi connectivity index (χ1v) is 6.34. The summed E-state index contributed by atoms with van der Waals surface area (Å²) >= 11 is 7.31. The Morgan fingerprint density at radius 3 is 2.94 bits per heavy atom. The molecular weight excluding hydrogens is 256 g/mol. The number of benzene rings is 1. The third-order valence-electron chi connectivity index (χ3n) is 2.41. The number of nitrogens with zero attached hydrogens (tertiary/aromatic N) is 2. The standard InChI is InChI=1S/C12H13ClN2OS/c1-15(8-11-7-14-12(13)17-11)9-4-3-5-10(6-9)16-2/h3-7H,8H2,1-2H3. The van der Waals surface area contributed by atoms with Gasteiger partial charge >= 0.3 is 0 Å². The van der Waals surface area contributed by atoms with Crippen LogP contribution in [-0.4, -0.2) is 19.1 Å². The Hall–Kier alpha value is -1.26. The monoisotopic (exact) mass is 268 g/mol. The minimum Gasteiger partial charge on any atom is -0.497 e. The highest BCUT2D eigenvalue weighted by atomic mass is 35.5. The molecule has 0 fully saturated rings. The van der Waals surface area contributed by atoms with Crippen molar-refractivity contribution in [2.75, 3.05) is 19.1 Å². The second-order valence-corrected chi connectivity index (χ2v) is 5.33. The Bertz CT molecular complexity index is 501. The third kappa shape index (κ3) is 3.11. The van der Waals surface area contributed by atoms with Crippen molar-refractivity contribution < 1.29 is 4.74 Å². The molecule has 0 bridgehead atoms. The van der Waals surface area contributed by atoms with Gasteiger partial charge in [0.1, 0.15) is 5.75 Å². The van der Waals surface area contributed by atoms with Crippen LogP contribution in [-0.2, 0) is 6.54 Å². The molecule has 0 atom stereocenters. The number of hydrogen-bond acceptors (Lipinski definition) is 4. The van der Waals surface area contributed by atoms with E-state index in [9.17, 15) is 0 Å². The van der Waals surface area contributed by atoms with Gasteiger partial charge in [0, 0.05) is 29.9 Å². The Balaban J connectivity index is 2.11. The van der Waals surface area contributed by atoms with Crippen LogP contribution in [0, 0.1) is 0 Å². The SMILES string of the molecule is COc1cccc(N(C)Cc2cnc(Cl)s2)c1. The van der Waals surface area contributed by atoms with Crippen molar-refractivity contribution >= 4 is 28.6 Å². The largest absolute Gasteiger partial charge is 0.497 e. The summed E-state index contributed by atoms with van der Waals surface area (Å²) in [4.78, 5) is 7.30. The lowest BCUT2D eigenvalue weighted by molar-refractivity contribution is 0.415. The number of ether oxygens (including phenoxy) is 1. The molecule has 1 aromatic carbocycles. The average Bonchev–Trinajstić information content (AvgIpc) is 2.75. The number of thiazole rings is 1. The molecule has 5 heteroatoms. The zero-order valence-corrected chi connectivity index (χ0v) is 11.3. The number of halogens is 1. The smallest absolute Gasteiger partial charge is 0.183 e. The molecule has 0 N–H and O–H groups in total. The van der Waals surface area contributed by atoms with E-state index in [4.69, 9.17) is 16.3 Å². The van der Waals surface area contributed by atoms with E-state index in [0.29, 0.717) is 4.47 Å². The molecule has 0 amide bonds. The first kappa shape index (κ1) is 12.2. The van der Waals surface area contributed by atoms with Gasteiger partial charge in [-0.3, -0.25) is 0 Å². The van der Waals surface area contributed by atoms with E-state index in [2.05, 4.69) is 9.88 Å². The van der Waals surface area contributed by atoms with E-state index in [1.165, 1.54) is 11.3 Å². The van der Waals surface area contributed by atoms with E-state index in [1.54, 1.807) is 7.11 Å². The van der Waals surface area contributed by atoms with Crippen LogP contribution in [0.4, 0.5) is 5.69 Å². The lowest BCUT2D eigenvalue weighted by atomic mass is 10.3. The van der Waals surface area contributed by atoms with Crippen LogP contribution >= 0.6 is 22.9 Å². The van der Waals surface area contributed by atoms with Crippen LogP contribution in [0.2, 0.25) is 4.47 Å². The third-order valence-corrected chi connectivity index (χ3v) is 3.51. The summed E-state index contributed by atoms with van der Waals surface area (Å²) in [7, 11) is 3.70. The Morgan fingerprint density at radius 2 is 2.29 bits per heavy atom. The number of anilines is 1. The molecule has 17 heavy (non-hydrogen) atoms. The van der Waals surface area contributed by atoms with Gasteiger partial charge in [0.25, 0.3) is 0 Å². The zero-order chi connectivity index (χ0) is 12.3. The second-order valence-electron chi connectivity index (χ2n) is 3.64. The van der Waals surface area contributed by atoms with E-state index in [1.807, 2.05) is 37.5 Å². The Labute approximate surface area is 110 Å². The van der Waals surface area contributed by atoms with Crippen LogP contribution < -0.4 is 9.64 Å². The maximum absolute atomic E-state index is 5.81. The van der Waals surface area contributed by atoms with E-state index in [0.717, 1.165) is 22.9 Å². The predicted octanol–water partition coefficient (Wildman–Crippen LogP) is 3.44. The molecule has 0 radical (unpaired) electrons. The highest BCUT2D eigenvalue weighted by Crippen LogP contribution is 2.24. The molecule has 0 saturated carbocycles. The van der Waals surface area contributed by atoms with E-state index < -0.39 is 0 Å². The van der Waals surface area contributed by atoms with Crippen LogP contribution in [0.25, 0.3) is 0 Å². The zero-order valence-electron chi connectivity index (χ0n) is 9.68. The van der Waals surface area contributed by atoms with Crippen LogP contribution in [0.1, 0.15) is 4.88 Å². The quantitative estimate of drug-likeness (QED) is 0.849. The predicted molar refractivity (Wildman–Crippen MR) is 72.2 cm³/mol. The summed E-state index contributed by atoms with van der Waals surface area (Å²) in [6.07, 6.45) is 1.81. The molecular formula is C12H13ClN2OS. The number of aromatic nitrogens is 1. The molecule has 1 aromatic heterocycles. The molecule has 0 spiro atoms. The summed E-state index contributed by atoms with van der Waals surface area (Å²) in [5.41, 5.74) is 1.11. The summed E-state index contributed by atoms with van der Waals surface area (Å²) in [6.45, 7) is 0.789. The van der Waals surface area contributed by atoms with E-state index in [-0.39, 0.29) is 0 Å². The topological polar surface area (TPSA) is 25.4 Å². The Kier molecular flexibility index (Phi) is 3.86. The van der Waals surface area contributed by atoms with Crippen molar-refractivity contribution in [3.05, 3.63) is 39.8 Å². The van der Waals surface area contributed by atoms with Gasteiger partial charge in [-0.2, -0.15) is 0 Å². The minimum absolute atomic E-state index is 0.582. The second kappa shape index (κ2) is 5.38.